The molecule has 0 fully saturated rings. The van der Waals surface area contributed by atoms with E-state index >= 15 is 0 Å². The maximum Gasteiger partial charge on any atom is 0.166 e. The highest BCUT2D eigenvalue weighted by Gasteiger charge is 2.14. The minimum absolute atomic E-state index is 0.271. The van der Waals surface area contributed by atoms with E-state index in [0.717, 1.165) is 38.3 Å². The molecule has 4 rings (SSSR count). The lowest BCUT2D eigenvalue weighted by molar-refractivity contribution is 0.628. The van der Waals surface area contributed by atoms with Crippen molar-refractivity contribution in [2.45, 2.75) is 10.1 Å². The van der Waals surface area contributed by atoms with Crippen LogP contribution in [0.3, 0.4) is 0 Å². The Labute approximate surface area is 188 Å². The summed E-state index contributed by atoms with van der Waals surface area (Å²) in [6.07, 6.45) is 7.35. The first-order chi connectivity index (χ1) is 15.2. The fourth-order valence-electron chi connectivity index (χ4n) is 3.04. The van der Waals surface area contributed by atoms with Gasteiger partial charge in [-0.3, -0.25) is 0 Å². The van der Waals surface area contributed by atoms with Crippen LogP contribution in [0.2, 0.25) is 0 Å². The standard InChI is InChI=1S/C23H20FN5S2/c1-30-19-6-4-3-5-18(19)26-14-27-20-13-16(11-12-25-20)22-21(28-23(29-22)31-2)15-7-9-17(24)10-8-15/h3-14H,1-2H3,(H,28,29)(H,25,26,27). The zero-order chi connectivity index (χ0) is 21.6. The summed E-state index contributed by atoms with van der Waals surface area (Å²) in [6.45, 7) is 0. The van der Waals surface area contributed by atoms with Gasteiger partial charge in [0.2, 0.25) is 0 Å². The monoisotopic (exact) mass is 449 g/mol. The van der Waals surface area contributed by atoms with E-state index in [-0.39, 0.29) is 5.82 Å². The molecule has 0 unspecified atom stereocenters. The number of H-pyrrole nitrogens is 1. The number of aliphatic imine (C=N–C) groups is 1. The molecule has 2 heterocycles. The molecule has 5 nitrogen and oxygen atoms in total. The molecule has 0 aliphatic heterocycles. The minimum Gasteiger partial charge on any atom is -0.332 e. The van der Waals surface area contributed by atoms with Gasteiger partial charge < -0.3 is 10.3 Å². The van der Waals surface area contributed by atoms with Crippen LogP contribution in [0.5, 0.6) is 0 Å². The number of hydrogen-bond acceptors (Lipinski definition) is 5. The second-order valence-corrected chi connectivity index (χ2v) is 8.12. The second kappa shape index (κ2) is 9.80. The van der Waals surface area contributed by atoms with Gasteiger partial charge in [-0.05, 0) is 61.0 Å². The molecule has 0 saturated heterocycles. The Hall–Kier alpha value is -3.10. The average molecular weight is 450 g/mol. The predicted molar refractivity (Wildman–Crippen MR) is 129 cm³/mol. The van der Waals surface area contributed by atoms with E-state index in [4.69, 9.17) is 4.98 Å². The lowest BCUT2D eigenvalue weighted by atomic mass is 10.1. The molecule has 0 aliphatic carbocycles. The first-order valence-corrected chi connectivity index (χ1v) is 11.9. The summed E-state index contributed by atoms with van der Waals surface area (Å²) in [5.41, 5.74) is 4.28. The van der Waals surface area contributed by atoms with Crippen LogP contribution in [-0.4, -0.2) is 33.8 Å². The molecule has 0 radical (unpaired) electrons. The van der Waals surface area contributed by atoms with Crippen molar-refractivity contribution in [1.82, 2.24) is 15.0 Å². The van der Waals surface area contributed by atoms with Crippen molar-refractivity contribution >= 4 is 41.4 Å². The molecular formula is C23H20FN5S2. The Morgan fingerprint density at radius 2 is 1.81 bits per heavy atom. The van der Waals surface area contributed by atoms with Crippen molar-refractivity contribution < 1.29 is 4.39 Å². The molecule has 0 amide bonds. The van der Waals surface area contributed by atoms with Gasteiger partial charge in [0.15, 0.2) is 5.16 Å². The predicted octanol–water partition coefficient (Wildman–Crippen LogP) is 6.49. The third kappa shape index (κ3) is 4.98. The van der Waals surface area contributed by atoms with Gasteiger partial charge in [-0.1, -0.05) is 23.9 Å². The first kappa shape index (κ1) is 21.1. The Morgan fingerprint density at radius 1 is 1.00 bits per heavy atom. The van der Waals surface area contributed by atoms with Gasteiger partial charge in [-0.2, -0.15) is 0 Å². The zero-order valence-electron chi connectivity index (χ0n) is 17.0. The summed E-state index contributed by atoms with van der Waals surface area (Å²) in [5.74, 6) is 0.384. The number of imidazole rings is 1. The molecule has 0 spiro atoms. The van der Waals surface area contributed by atoms with E-state index in [2.05, 4.69) is 20.3 Å². The Morgan fingerprint density at radius 3 is 2.58 bits per heavy atom. The van der Waals surface area contributed by atoms with Crippen molar-refractivity contribution in [1.29, 1.82) is 0 Å². The Balaban J connectivity index is 1.62. The van der Waals surface area contributed by atoms with Crippen LogP contribution in [0.25, 0.3) is 22.5 Å². The summed E-state index contributed by atoms with van der Waals surface area (Å²) in [5, 5.41) is 3.93. The molecule has 31 heavy (non-hydrogen) atoms. The van der Waals surface area contributed by atoms with Gasteiger partial charge in [-0.25, -0.2) is 19.4 Å². The number of nitrogens with zero attached hydrogens (tertiary/aromatic N) is 3. The second-order valence-electron chi connectivity index (χ2n) is 6.48. The zero-order valence-corrected chi connectivity index (χ0v) is 18.6. The number of para-hydroxylation sites is 1. The summed E-state index contributed by atoms with van der Waals surface area (Å²) >= 11 is 3.17. The molecule has 0 bridgehead atoms. The number of halogens is 1. The minimum atomic E-state index is -0.271. The lowest BCUT2D eigenvalue weighted by Crippen LogP contribution is -1.97. The number of benzene rings is 2. The SMILES string of the molecule is CSc1nc(-c2ccnc(N/C=N\c3ccccc3SC)c2)c(-c2ccc(F)cc2)[nH]1. The van der Waals surface area contributed by atoms with Crippen LogP contribution < -0.4 is 5.32 Å². The third-order valence-electron chi connectivity index (χ3n) is 4.54. The molecule has 0 aliphatic rings. The number of aromatic amines is 1. The van der Waals surface area contributed by atoms with Gasteiger partial charge in [0.25, 0.3) is 0 Å². The van der Waals surface area contributed by atoms with Crippen LogP contribution in [0.4, 0.5) is 15.9 Å². The third-order valence-corrected chi connectivity index (χ3v) is 5.91. The number of anilines is 1. The van der Waals surface area contributed by atoms with E-state index in [1.165, 1.54) is 23.9 Å². The van der Waals surface area contributed by atoms with E-state index in [0.29, 0.717) is 5.82 Å². The molecule has 0 saturated carbocycles. The Bertz CT molecular complexity index is 1200. The average Bonchev–Trinajstić information content (AvgIpc) is 3.25. The van der Waals surface area contributed by atoms with Crippen LogP contribution in [-0.2, 0) is 0 Å². The quantitative estimate of drug-likeness (QED) is 0.192. The molecular weight excluding hydrogens is 429 g/mol. The highest BCUT2D eigenvalue weighted by Crippen LogP contribution is 2.33. The summed E-state index contributed by atoms with van der Waals surface area (Å²) in [4.78, 5) is 18.0. The maximum atomic E-state index is 13.4. The van der Waals surface area contributed by atoms with E-state index in [1.54, 1.807) is 36.4 Å². The normalized spacial score (nSPS) is 11.2. The van der Waals surface area contributed by atoms with Crippen LogP contribution in [0, 0.1) is 5.82 Å². The number of rotatable bonds is 7. The van der Waals surface area contributed by atoms with Crippen molar-refractivity contribution in [2.75, 3.05) is 17.8 Å². The fraction of sp³-hybridized carbons (Fsp3) is 0.0870. The van der Waals surface area contributed by atoms with E-state index in [9.17, 15) is 4.39 Å². The van der Waals surface area contributed by atoms with Crippen LogP contribution in [0.15, 0.2) is 81.9 Å². The smallest absolute Gasteiger partial charge is 0.166 e. The molecule has 156 valence electrons. The topological polar surface area (TPSA) is 66.0 Å². The highest BCUT2D eigenvalue weighted by molar-refractivity contribution is 7.98. The van der Waals surface area contributed by atoms with E-state index < -0.39 is 0 Å². The summed E-state index contributed by atoms with van der Waals surface area (Å²) in [7, 11) is 0. The molecule has 2 aromatic carbocycles. The Kier molecular flexibility index (Phi) is 6.69. The van der Waals surface area contributed by atoms with Gasteiger partial charge in [0.05, 0.1) is 23.4 Å². The molecule has 8 heteroatoms. The summed E-state index contributed by atoms with van der Waals surface area (Å²) in [6, 6.07) is 18.2. The number of pyridine rings is 1. The number of hydrogen-bond donors (Lipinski definition) is 2. The molecule has 2 N–H and O–H groups in total. The van der Waals surface area contributed by atoms with Gasteiger partial charge in [-0.15, -0.1) is 11.8 Å². The van der Waals surface area contributed by atoms with Crippen molar-refractivity contribution in [3.8, 4) is 22.5 Å². The molecule has 0 atom stereocenters. The largest absolute Gasteiger partial charge is 0.332 e. The number of nitrogens with one attached hydrogen (secondary N) is 2. The van der Waals surface area contributed by atoms with Crippen molar-refractivity contribution in [2.24, 2.45) is 4.99 Å². The van der Waals surface area contributed by atoms with Crippen molar-refractivity contribution in [3.05, 3.63) is 72.7 Å². The lowest BCUT2D eigenvalue weighted by Gasteiger charge is -2.06. The van der Waals surface area contributed by atoms with Gasteiger partial charge >= 0.3 is 0 Å². The fourth-order valence-corrected chi connectivity index (χ4v) is 3.97. The van der Waals surface area contributed by atoms with Crippen molar-refractivity contribution in [3.63, 3.8) is 0 Å². The van der Waals surface area contributed by atoms with Crippen LogP contribution >= 0.6 is 23.5 Å². The number of thioether (sulfide) groups is 2. The molecule has 2 aromatic heterocycles. The van der Waals surface area contributed by atoms with Crippen LogP contribution in [0.1, 0.15) is 0 Å². The highest BCUT2D eigenvalue weighted by atomic mass is 32.2. The van der Waals surface area contributed by atoms with E-state index in [1.807, 2.05) is 48.9 Å². The molecule has 4 aromatic rings. The first-order valence-electron chi connectivity index (χ1n) is 9.46. The van der Waals surface area contributed by atoms with Gasteiger partial charge in [0.1, 0.15) is 11.6 Å². The maximum absolute atomic E-state index is 13.4. The van der Waals surface area contributed by atoms with Gasteiger partial charge in [0, 0.05) is 22.2 Å². The summed E-state index contributed by atoms with van der Waals surface area (Å²) < 4.78 is 13.4. The number of aromatic nitrogens is 3.